The average Bonchev–Trinajstić information content (AvgIpc) is 3.37. The van der Waals surface area contributed by atoms with E-state index in [0.717, 1.165) is 30.7 Å². The molecular formula is C19H30IN3O. The predicted molar refractivity (Wildman–Crippen MR) is 110 cm³/mol. The highest BCUT2D eigenvalue weighted by Gasteiger charge is 2.48. The first-order valence-corrected chi connectivity index (χ1v) is 8.91. The molecule has 0 aliphatic heterocycles. The molecule has 0 amide bonds. The van der Waals surface area contributed by atoms with Gasteiger partial charge in [0.1, 0.15) is 5.75 Å². The van der Waals surface area contributed by atoms with Crippen LogP contribution in [-0.4, -0.2) is 26.2 Å². The van der Waals surface area contributed by atoms with Crippen molar-refractivity contribution in [3.63, 3.8) is 0 Å². The third-order valence-corrected chi connectivity index (χ3v) is 5.30. The Bertz CT molecular complexity index is 553. The monoisotopic (exact) mass is 443 g/mol. The molecule has 134 valence electrons. The van der Waals surface area contributed by atoms with Crippen LogP contribution in [0.4, 0.5) is 0 Å². The van der Waals surface area contributed by atoms with E-state index in [-0.39, 0.29) is 24.0 Å². The Morgan fingerprint density at radius 2 is 2.08 bits per heavy atom. The molecule has 2 aliphatic carbocycles. The van der Waals surface area contributed by atoms with Gasteiger partial charge in [0.25, 0.3) is 0 Å². The van der Waals surface area contributed by atoms with Crippen molar-refractivity contribution < 1.29 is 4.74 Å². The van der Waals surface area contributed by atoms with E-state index in [0.29, 0.717) is 12.0 Å². The van der Waals surface area contributed by atoms with Gasteiger partial charge < -0.3 is 15.4 Å². The fourth-order valence-corrected chi connectivity index (χ4v) is 3.60. The van der Waals surface area contributed by atoms with Crippen molar-refractivity contribution in [2.24, 2.45) is 16.3 Å². The molecule has 0 bridgehead atoms. The van der Waals surface area contributed by atoms with Gasteiger partial charge in [0, 0.05) is 13.1 Å². The Morgan fingerprint density at radius 1 is 1.29 bits per heavy atom. The molecule has 1 aromatic carbocycles. The van der Waals surface area contributed by atoms with Gasteiger partial charge in [-0.15, -0.1) is 24.0 Å². The van der Waals surface area contributed by atoms with Gasteiger partial charge in [-0.3, -0.25) is 0 Å². The summed E-state index contributed by atoms with van der Waals surface area (Å²) in [6, 6.07) is 8.12. The van der Waals surface area contributed by atoms with Gasteiger partial charge in [0.05, 0.1) is 13.7 Å². The van der Waals surface area contributed by atoms with Gasteiger partial charge in [-0.25, -0.2) is 4.99 Å². The molecule has 24 heavy (non-hydrogen) atoms. The third-order valence-electron chi connectivity index (χ3n) is 5.30. The Kier molecular flexibility index (Phi) is 7.19. The summed E-state index contributed by atoms with van der Waals surface area (Å²) >= 11 is 0. The molecule has 0 aromatic heterocycles. The lowest BCUT2D eigenvalue weighted by Gasteiger charge is -2.43. The van der Waals surface area contributed by atoms with Crippen LogP contribution in [0.2, 0.25) is 0 Å². The Morgan fingerprint density at radius 3 is 2.67 bits per heavy atom. The fraction of sp³-hybridized carbons (Fsp3) is 0.632. The van der Waals surface area contributed by atoms with Gasteiger partial charge in [0.15, 0.2) is 5.96 Å². The first-order chi connectivity index (χ1) is 11.3. The standard InChI is InChI=1S/C19H29N3O.HI/c1-3-20-18(21-13-15-6-4-7-17(12-15)23-2)22-14-19(10-5-11-19)16-8-9-16;/h4,6-7,12,16H,3,5,8-11,13-14H2,1-2H3,(H2,20,21,22);1H. The zero-order valence-corrected chi connectivity index (χ0v) is 17.1. The number of nitrogens with one attached hydrogen (secondary N) is 2. The number of nitrogens with zero attached hydrogens (tertiary/aromatic N) is 1. The van der Waals surface area contributed by atoms with Crippen molar-refractivity contribution in [1.29, 1.82) is 0 Å². The molecule has 0 atom stereocenters. The number of aliphatic imine (C=N–C) groups is 1. The Labute approximate surface area is 162 Å². The van der Waals surface area contributed by atoms with E-state index in [9.17, 15) is 0 Å². The van der Waals surface area contributed by atoms with Crippen LogP contribution in [0.5, 0.6) is 5.75 Å². The number of ether oxygens (including phenoxy) is 1. The highest BCUT2D eigenvalue weighted by Crippen LogP contribution is 2.56. The zero-order chi connectivity index (χ0) is 16.1. The molecule has 5 heteroatoms. The van der Waals surface area contributed by atoms with Crippen LogP contribution in [0.25, 0.3) is 0 Å². The molecule has 0 heterocycles. The van der Waals surface area contributed by atoms with Crippen molar-refractivity contribution in [3.8, 4) is 5.75 Å². The first kappa shape index (κ1) is 19.3. The van der Waals surface area contributed by atoms with Crippen LogP contribution in [-0.2, 0) is 6.54 Å². The molecule has 2 N–H and O–H groups in total. The van der Waals surface area contributed by atoms with Crippen LogP contribution >= 0.6 is 24.0 Å². The molecule has 4 nitrogen and oxygen atoms in total. The van der Waals surface area contributed by atoms with E-state index in [1.54, 1.807) is 7.11 Å². The second-order valence-corrected chi connectivity index (χ2v) is 6.89. The van der Waals surface area contributed by atoms with Crippen molar-refractivity contribution in [3.05, 3.63) is 29.8 Å². The summed E-state index contributed by atoms with van der Waals surface area (Å²) in [4.78, 5) is 4.74. The quantitative estimate of drug-likeness (QED) is 0.381. The van der Waals surface area contributed by atoms with E-state index < -0.39 is 0 Å². The largest absolute Gasteiger partial charge is 0.497 e. The minimum Gasteiger partial charge on any atom is -0.497 e. The summed E-state index contributed by atoms with van der Waals surface area (Å²) in [5.41, 5.74) is 1.73. The minimum absolute atomic E-state index is 0. The fourth-order valence-electron chi connectivity index (χ4n) is 3.60. The molecule has 0 spiro atoms. The van der Waals surface area contributed by atoms with E-state index in [2.05, 4.69) is 23.6 Å². The molecule has 0 radical (unpaired) electrons. The van der Waals surface area contributed by atoms with E-state index in [1.807, 2.05) is 18.2 Å². The highest BCUT2D eigenvalue weighted by molar-refractivity contribution is 14.0. The molecule has 1 aromatic rings. The zero-order valence-electron chi connectivity index (χ0n) is 14.8. The molecule has 0 unspecified atom stereocenters. The van der Waals surface area contributed by atoms with Crippen molar-refractivity contribution in [2.45, 2.75) is 45.6 Å². The number of methoxy groups -OCH3 is 1. The Hall–Kier alpha value is -0.980. The third kappa shape index (κ3) is 4.77. The van der Waals surface area contributed by atoms with Crippen molar-refractivity contribution in [1.82, 2.24) is 10.6 Å². The SMILES string of the molecule is CCNC(=NCc1cccc(OC)c1)NCC1(C2CC2)CCC1.I. The smallest absolute Gasteiger partial charge is 0.191 e. The average molecular weight is 443 g/mol. The van der Waals surface area contributed by atoms with Gasteiger partial charge in [-0.2, -0.15) is 0 Å². The molecule has 2 fully saturated rings. The van der Waals surface area contributed by atoms with Crippen LogP contribution < -0.4 is 15.4 Å². The number of guanidine groups is 1. The number of benzene rings is 1. The summed E-state index contributed by atoms with van der Waals surface area (Å²) < 4.78 is 5.28. The van der Waals surface area contributed by atoms with Gasteiger partial charge in [0.2, 0.25) is 0 Å². The Balaban J connectivity index is 0.00000208. The summed E-state index contributed by atoms with van der Waals surface area (Å²) in [6.45, 7) is 4.74. The second-order valence-electron chi connectivity index (χ2n) is 6.89. The summed E-state index contributed by atoms with van der Waals surface area (Å²) in [5.74, 6) is 2.78. The molecular weight excluding hydrogens is 413 g/mol. The van der Waals surface area contributed by atoms with E-state index >= 15 is 0 Å². The number of hydrogen-bond donors (Lipinski definition) is 2. The second kappa shape index (κ2) is 8.92. The lowest BCUT2D eigenvalue weighted by molar-refractivity contribution is 0.106. The number of hydrogen-bond acceptors (Lipinski definition) is 2. The summed E-state index contributed by atoms with van der Waals surface area (Å²) in [6.07, 6.45) is 7.04. The maximum absolute atomic E-state index is 5.28. The van der Waals surface area contributed by atoms with Crippen LogP contribution in [0.1, 0.15) is 44.6 Å². The normalized spacial score (nSPS) is 19.0. The van der Waals surface area contributed by atoms with Crippen molar-refractivity contribution in [2.75, 3.05) is 20.2 Å². The molecule has 2 saturated carbocycles. The van der Waals surface area contributed by atoms with Gasteiger partial charge >= 0.3 is 0 Å². The lowest BCUT2D eigenvalue weighted by Crippen LogP contribution is -2.47. The molecule has 0 saturated heterocycles. The van der Waals surface area contributed by atoms with E-state index in [4.69, 9.17) is 9.73 Å². The van der Waals surface area contributed by atoms with Crippen LogP contribution in [0.3, 0.4) is 0 Å². The van der Waals surface area contributed by atoms with Gasteiger partial charge in [-0.1, -0.05) is 18.6 Å². The first-order valence-electron chi connectivity index (χ1n) is 8.91. The maximum Gasteiger partial charge on any atom is 0.191 e. The number of halogens is 1. The summed E-state index contributed by atoms with van der Waals surface area (Å²) in [7, 11) is 1.70. The topological polar surface area (TPSA) is 45.7 Å². The van der Waals surface area contributed by atoms with Crippen molar-refractivity contribution >= 4 is 29.9 Å². The lowest BCUT2D eigenvalue weighted by atomic mass is 9.65. The van der Waals surface area contributed by atoms with Crippen LogP contribution in [0, 0.1) is 11.3 Å². The molecule has 2 aliphatic rings. The molecule has 3 rings (SSSR count). The van der Waals surface area contributed by atoms with Gasteiger partial charge in [-0.05, 0) is 61.6 Å². The van der Waals surface area contributed by atoms with E-state index in [1.165, 1.54) is 37.7 Å². The predicted octanol–water partition coefficient (Wildman–Crippen LogP) is 3.95. The highest BCUT2D eigenvalue weighted by atomic mass is 127. The maximum atomic E-state index is 5.28. The van der Waals surface area contributed by atoms with Crippen LogP contribution in [0.15, 0.2) is 29.3 Å². The number of rotatable bonds is 7. The summed E-state index contributed by atoms with van der Waals surface area (Å²) in [5, 5.41) is 6.96. The minimum atomic E-state index is 0.